The molecule has 2 heterocycles. The summed E-state index contributed by atoms with van der Waals surface area (Å²) in [5, 5.41) is 1.89. The van der Waals surface area contributed by atoms with Crippen molar-refractivity contribution in [2.45, 2.75) is 6.18 Å². The van der Waals surface area contributed by atoms with Crippen LogP contribution in [0, 0.1) is 0 Å². The molecule has 104 valence electrons. The lowest BCUT2D eigenvalue weighted by atomic mass is 10.1. The fourth-order valence-electron chi connectivity index (χ4n) is 2.09. The lowest BCUT2D eigenvalue weighted by Gasteiger charge is -2.20. The fraction of sp³-hybridized carbons (Fsp3) is 0.143. The van der Waals surface area contributed by atoms with Crippen LogP contribution in [-0.2, 0) is 6.18 Å². The number of hydrogen-bond acceptors (Lipinski definition) is 2. The number of nitrogens with one attached hydrogen (secondary N) is 1. The molecule has 3 rings (SSSR count). The molecule has 1 aromatic carbocycles. The third-order valence-electron chi connectivity index (χ3n) is 3.05. The number of H-pyrrole nitrogens is 1. The third kappa shape index (κ3) is 2.43. The molecule has 1 aromatic heterocycles. The molecule has 0 aliphatic carbocycles. The van der Waals surface area contributed by atoms with Crippen LogP contribution in [0.2, 0.25) is 0 Å². The monoisotopic (exact) mass is 296 g/mol. The molecule has 0 bridgehead atoms. The Balaban J connectivity index is 1.97. The van der Waals surface area contributed by atoms with Gasteiger partial charge in [-0.1, -0.05) is 12.1 Å². The van der Waals surface area contributed by atoms with E-state index < -0.39 is 11.7 Å². The molecule has 0 fully saturated rings. The third-order valence-corrected chi connectivity index (χ3v) is 3.84. The van der Waals surface area contributed by atoms with Crippen LogP contribution in [0.1, 0.15) is 11.1 Å². The van der Waals surface area contributed by atoms with Crippen LogP contribution in [0.4, 0.5) is 19.0 Å². The van der Waals surface area contributed by atoms with E-state index in [9.17, 15) is 13.2 Å². The maximum Gasteiger partial charge on any atom is 0.416 e. The highest BCUT2D eigenvalue weighted by molar-refractivity contribution is 8.02. The van der Waals surface area contributed by atoms with Crippen molar-refractivity contribution in [2.24, 2.45) is 0 Å². The smallest absolute Gasteiger partial charge is 0.348 e. The summed E-state index contributed by atoms with van der Waals surface area (Å²) in [7, 11) is 0. The number of alkyl halides is 3. The summed E-state index contributed by atoms with van der Waals surface area (Å²) in [6.07, 6.45) is -2.53. The van der Waals surface area contributed by atoms with Crippen molar-refractivity contribution in [1.29, 1.82) is 0 Å². The zero-order valence-corrected chi connectivity index (χ0v) is 11.1. The van der Waals surface area contributed by atoms with E-state index in [1.165, 1.54) is 12.1 Å². The standard InChI is InChI=1S/C14H11F3N2S/c15-14(16,17)11-4-1-3-10(7-11)12-8-20-9-19(12)13-5-2-6-18-13/h1-8,18H,9H2. The zero-order chi connectivity index (χ0) is 14.2. The molecule has 2 aromatic rings. The average Bonchev–Trinajstić information content (AvgIpc) is 3.08. The molecule has 2 nitrogen and oxygen atoms in total. The van der Waals surface area contributed by atoms with E-state index in [1.807, 2.05) is 22.4 Å². The molecule has 0 amide bonds. The van der Waals surface area contributed by atoms with Crippen LogP contribution in [0.5, 0.6) is 0 Å². The molecule has 1 aliphatic heterocycles. The minimum atomic E-state index is -4.32. The molecular weight excluding hydrogens is 285 g/mol. The predicted molar refractivity (Wildman–Crippen MR) is 75.2 cm³/mol. The molecule has 0 atom stereocenters. The van der Waals surface area contributed by atoms with E-state index in [1.54, 1.807) is 24.0 Å². The summed E-state index contributed by atoms with van der Waals surface area (Å²) in [6, 6.07) is 9.17. The summed E-state index contributed by atoms with van der Waals surface area (Å²) >= 11 is 1.56. The molecule has 0 radical (unpaired) electrons. The first-order chi connectivity index (χ1) is 9.55. The van der Waals surface area contributed by atoms with Gasteiger partial charge in [-0.15, -0.1) is 11.8 Å². The van der Waals surface area contributed by atoms with E-state index in [0.29, 0.717) is 11.4 Å². The quantitative estimate of drug-likeness (QED) is 0.877. The first-order valence-corrected chi connectivity index (χ1v) is 7.01. The van der Waals surface area contributed by atoms with Gasteiger partial charge in [-0.25, -0.2) is 0 Å². The van der Waals surface area contributed by atoms with Crippen LogP contribution in [0.15, 0.2) is 48.0 Å². The Morgan fingerprint density at radius 1 is 1.15 bits per heavy atom. The fourth-order valence-corrected chi connectivity index (χ4v) is 3.01. The van der Waals surface area contributed by atoms with Crippen LogP contribution in [0.25, 0.3) is 5.70 Å². The van der Waals surface area contributed by atoms with Crippen LogP contribution >= 0.6 is 11.8 Å². The van der Waals surface area contributed by atoms with Crippen LogP contribution in [-0.4, -0.2) is 10.9 Å². The number of thioether (sulfide) groups is 1. The lowest BCUT2D eigenvalue weighted by Crippen LogP contribution is -2.17. The Morgan fingerprint density at radius 3 is 2.70 bits per heavy atom. The van der Waals surface area contributed by atoms with Gasteiger partial charge in [0.15, 0.2) is 0 Å². The highest BCUT2D eigenvalue weighted by atomic mass is 32.2. The first kappa shape index (κ1) is 13.2. The Hall–Kier alpha value is -1.82. The average molecular weight is 296 g/mol. The number of anilines is 1. The summed E-state index contributed by atoms with van der Waals surface area (Å²) in [6.45, 7) is 0. The second-order valence-electron chi connectivity index (χ2n) is 4.36. The number of halogens is 3. The van der Waals surface area contributed by atoms with Crippen molar-refractivity contribution in [3.8, 4) is 0 Å². The zero-order valence-electron chi connectivity index (χ0n) is 10.3. The Morgan fingerprint density at radius 2 is 2.00 bits per heavy atom. The van der Waals surface area contributed by atoms with Gasteiger partial charge in [0, 0.05) is 6.20 Å². The predicted octanol–water partition coefficient (Wildman–Crippen LogP) is 4.54. The molecule has 20 heavy (non-hydrogen) atoms. The van der Waals surface area contributed by atoms with Crippen molar-refractivity contribution in [3.63, 3.8) is 0 Å². The van der Waals surface area contributed by atoms with Crippen LogP contribution < -0.4 is 4.90 Å². The highest BCUT2D eigenvalue weighted by Gasteiger charge is 2.31. The summed E-state index contributed by atoms with van der Waals surface area (Å²) < 4.78 is 38.3. The number of benzene rings is 1. The van der Waals surface area contributed by atoms with Crippen molar-refractivity contribution in [1.82, 2.24) is 4.98 Å². The van der Waals surface area contributed by atoms with E-state index in [-0.39, 0.29) is 0 Å². The van der Waals surface area contributed by atoms with Crippen molar-refractivity contribution in [3.05, 3.63) is 59.1 Å². The van der Waals surface area contributed by atoms with Gasteiger partial charge in [0.25, 0.3) is 0 Å². The molecule has 0 spiro atoms. The summed E-state index contributed by atoms with van der Waals surface area (Å²) in [5.41, 5.74) is 0.724. The molecule has 0 saturated heterocycles. The van der Waals surface area contributed by atoms with Crippen molar-refractivity contribution < 1.29 is 13.2 Å². The van der Waals surface area contributed by atoms with Gasteiger partial charge < -0.3 is 9.88 Å². The second kappa shape index (κ2) is 4.94. The molecule has 6 heteroatoms. The SMILES string of the molecule is FC(F)(F)c1cccc(C2=CSCN2c2ccc[nH]2)c1. The number of rotatable bonds is 2. The number of hydrogen-bond donors (Lipinski definition) is 1. The normalized spacial score (nSPS) is 15.6. The van der Waals surface area contributed by atoms with Crippen molar-refractivity contribution in [2.75, 3.05) is 10.8 Å². The topological polar surface area (TPSA) is 19.0 Å². The van der Waals surface area contributed by atoms with Gasteiger partial charge in [0.05, 0.1) is 17.1 Å². The molecule has 0 unspecified atom stereocenters. The largest absolute Gasteiger partial charge is 0.416 e. The van der Waals surface area contributed by atoms with Gasteiger partial charge in [-0.2, -0.15) is 13.2 Å². The lowest BCUT2D eigenvalue weighted by molar-refractivity contribution is -0.137. The minimum Gasteiger partial charge on any atom is -0.348 e. The van der Waals surface area contributed by atoms with Gasteiger partial charge in [0.1, 0.15) is 5.82 Å². The van der Waals surface area contributed by atoms with E-state index >= 15 is 0 Å². The first-order valence-electron chi connectivity index (χ1n) is 5.96. The van der Waals surface area contributed by atoms with Crippen LogP contribution in [0.3, 0.4) is 0 Å². The minimum absolute atomic E-state index is 0.569. The summed E-state index contributed by atoms with van der Waals surface area (Å²) in [5.74, 6) is 1.56. The number of aromatic amines is 1. The van der Waals surface area contributed by atoms with E-state index in [4.69, 9.17) is 0 Å². The Bertz CT molecular complexity index is 632. The second-order valence-corrected chi connectivity index (χ2v) is 5.19. The van der Waals surface area contributed by atoms with Gasteiger partial charge >= 0.3 is 6.18 Å². The van der Waals surface area contributed by atoms with Gasteiger partial charge in [-0.05, 0) is 35.2 Å². The number of nitrogens with zero attached hydrogens (tertiary/aromatic N) is 1. The maximum absolute atomic E-state index is 12.8. The maximum atomic E-state index is 12.8. The van der Waals surface area contributed by atoms with Gasteiger partial charge in [-0.3, -0.25) is 0 Å². The van der Waals surface area contributed by atoms with E-state index in [2.05, 4.69) is 4.98 Å². The Kier molecular flexibility index (Phi) is 3.25. The van der Waals surface area contributed by atoms with E-state index in [0.717, 1.165) is 17.6 Å². The molecular formula is C14H11F3N2S. The summed E-state index contributed by atoms with van der Waals surface area (Å²) in [4.78, 5) is 5.03. The molecule has 1 N–H and O–H groups in total. The highest BCUT2D eigenvalue weighted by Crippen LogP contribution is 2.37. The molecule has 0 saturated carbocycles. The van der Waals surface area contributed by atoms with Gasteiger partial charge in [0.2, 0.25) is 0 Å². The number of aromatic nitrogens is 1. The molecule has 1 aliphatic rings. The Labute approximate surface area is 118 Å². The van der Waals surface area contributed by atoms with Crippen molar-refractivity contribution >= 4 is 23.3 Å².